The third-order valence-corrected chi connectivity index (χ3v) is 13.3. The Balaban J connectivity index is 1.13. The van der Waals surface area contributed by atoms with Gasteiger partial charge in [0.2, 0.25) is 0 Å². The van der Waals surface area contributed by atoms with Crippen LogP contribution in [0, 0.1) is 12.8 Å². The lowest BCUT2D eigenvalue weighted by Gasteiger charge is -2.25. The van der Waals surface area contributed by atoms with E-state index in [9.17, 15) is 0 Å². The second-order valence-electron chi connectivity index (χ2n) is 19.7. The summed E-state index contributed by atoms with van der Waals surface area (Å²) in [7, 11) is 0. The highest BCUT2D eigenvalue weighted by Crippen LogP contribution is 2.39. The second-order valence-corrected chi connectivity index (χ2v) is 19.7. The number of hydrogen-bond donors (Lipinski definition) is 0. The highest BCUT2D eigenvalue weighted by molar-refractivity contribution is 5.86. The van der Waals surface area contributed by atoms with Crippen molar-refractivity contribution in [3.05, 3.63) is 203 Å². The van der Waals surface area contributed by atoms with Gasteiger partial charge in [0.1, 0.15) is 0 Å². The molecule has 1 atom stereocenters. The molecule has 0 bridgehead atoms. The summed E-state index contributed by atoms with van der Waals surface area (Å²) in [5, 5.41) is 2.87. The normalized spacial score (nSPS) is 14.8. The highest BCUT2D eigenvalue weighted by Gasteiger charge is 2.23. The van der Waals surface area contributed by atoms with Crippen molar-refractivity contribution < 1.29 is 0 Å². The van der Waals surface area contributed by atoms with Gasteiger partial charge in [-0.25, -0.2) is 0 Å². The first kappa shape index (κ1) is 41.1. The average Bonchev–Trinajstić information content (AvgIpc) is 3.28. The molecule has 0 saturated heterocycles. The molecule has 9 rings (SSSR count). The van der Waals surface area contributed by atoms with Crippen LogP contribution in [0.3, 0.4) is 0 Å². The van der Waals surface area contributed by atoms with E-state index in [0.29, 0.717) is 5.92 Å². The topological polar surface area (TPSA) is 0 Å². The molecule has 0 spiro atoms. The van der Waals surface area contributed by atoms with Gasteiger partial charge >= 0.3 is 0 Å². The van der Waals surface area contributed by atoms with Crippen molar-refractivity contribution >= 4 is 11.1 Å². The number of fused-ring (bicyclic) bond motifs is 2. The molecule has 0 aromatic heterocycles. The van der Waals surface area contributed by atoms with Gasteiger partial charge in [-0.05, 0) is 160 Å². The molecule has 7 aromatic rings. The van der Waals surface area contributed by atoms with Crippen molar-refractivity contribution in [2.24, 2.45) is 5.92 Å². The van der Waals surface area contributed by atoms with Crippen LogP contribution < -0.4 is 10.4 Å². The average molecular weight is 805 g/mol. The first-order valence-electron chi connectivity index (χ1n) is 22.7. The Labute approximate surface area is 370 Å². The summed E-state index contributed by atoms with van der Waals surface area (Å²) < 4.78 is 0. The molecule has 0 fully saturated rings. The van der Waals surface area contributed by atoms with Gasteiger partial charge in [0.15, 0.2) is 0 Å². The third kappa shape index (κ3) is 8.12. The van der Waals surface area contributed by atoms with E-state index < -0.39 is 0 Å². The lowest BCUT2D eigenvalue weighted by Crippen LogP contribution is -2.36. The van der Waals surface area contributed by atoms with Gasteiger partial charge in [0.05, 0.1) is 0 Å². The molecule has 7 aromatic carbocycles. The molecule has 0 nitrogen and oxygen atoms in total. The van der Waals surface area contributed by atoms with Gasteiger partial charge in [-0.1, -0.05) is 206 Å². The molecule has 0 N–H and O–H groups in total. The van der Waals surface area contributed by atoms with Gasteiger partial charge in [-0.3, -0.25) is 0 Å². The second kappa shape index (κ2) is 16.6. The molecule has 0 heterocycles. The molecule has 2 aliphatic carbocycles. The molecule has 308 valence electrons. The van der Waals surface area contributed by atoms with Crippen LogP contribution in [0.5, 0.6) is 0 Å². The minimum Gasteiger partial charge on any atom is -0.0767 e. The van der Waals surface area contributed by atoms with Crippen LogP contribution >= 0.6 is 0 Å². The van der Waals surface area contributed by atoms with Gasteiger partial charge in [-0.2, -0.15) is 0 Å². The van der Waals surface area contributed by atoms with Gasteiger partial charge in [0.25, 0.3) is 0 Å². The first-order valence-corrected chi connectivity index (χ1v) is 22.7. The Bertz CT molecular complexity index is 2950. The molecule has 0 aliphatic heterocycles. The number of hydrogen-bond acceptors (Lipinski definition) is 0. The van der Waals surface area contributed by atoms with E-state index >= 15 is 0 Å². The number of allylic oxidation sites excluding steroid dienone is 4. The van der Waals surface area contributed by atoms with Crippen LogP contribution in [-0.4, -0.2) is 0 Å². The summed E-state index contributed by atoms with van der Waals surface area (Å²) in [6.45, 7) is 18.4. The molecule has 0 heteroatoms. The molecule has 0 amide bonds. The fourth-order valence-corrected chi connectivity index (χ4v) is 9.79. The highest BCUT2D eigenvalue weighted by atomic mass is 14.3. The van der Waals surface area contributed by atoms with Crippen molar-refractivity contribution in [1.82, 2.24) is 0 Å². The van der Waals surface area contributed by atoms with Crippen LogP contribution in [-0.2, 0) is 10.8 Å². The van der Waals surface area contributed by atoms with Crippen molar-refractivity contribution in [1.29, 1.82) is 0 Å². The van der Waals surface area contributed by atoms with Crippen LogP contribution in [0.4, 0.5) is 0 Å². The van der Waals surface area contributed by atoms with E-state index in [1.54, 1.807) is 5.57 Å². The van der Waals surface area contributed by atoms with E-state index in [4.69, 9.17) is 0 Å². The number of rotatable bonds is 8. The molecule has 0 radical (unpaired) electrons. The van der Waals surface area contributed by atoms with Crippen molar-refractivity contribution in [3.8, 4) is 66.8 Å². The molecular weight excluding hydrogens is 745 g/mol. The number of benzene rings is 7. The molecule has 0 saturated carbocycles. The molecule has 62 heavy (non-hydrogen) atoms. The summed E-state index contributed by atoms with van der Waals surface area (Å²) in [4.78, 5) is 0. The van der Waals surface area contributed by atoms with Gasteiger partial charge in [-0.15, -0.1) is 0 Å². The van der Waals surface area contributed by atoms with E-state index in [1.807, 2.05) is 0 Å². The predicted molar refractivity (Wildman–Crippen MR) is 269 cm³/mol. The van der Waals surface area contributed by atoms with Crippen LogP contribution in [0.1, 0.15) is 84.4 Å². The van der Waals surface area contributed by atoms with Crippen LogP contribution in [0.25, 0.3) is 77.9 Å². The van der Waals surface area contributed by atoms with Crippen molar-refractivity contribution in [3.63, 3.8) is 0 Å². The Morgan fingerprint density at radius 3 is 1.50 bits per heavy atom. The van der Waals surface area contributed by atoms with Gasteiger partial charge in [0, 0.05) is 5.92 Å². The van der Waals surface area contributed by atoms with Gasteiger partial charge < -0.3 is 0 Å². The Morgan fingerprint density at radius 2 is 0.919 bits per heavy atom. The fraction of sp³-hybridized carbons (Fsp3) is 0.226. The quantitative estimate of drug-likeness (QED) is 0.144. The lowest BCUT2D eigenvalue weighted by atomic mass is 9.79. The molecule has 2 aliphatic rings. The van der Waals surface area contributed by atoms with E-state index in [0.717, 1.165) is 19.3 Å². The Morgan fingerprint density at radius 1 is 0.468 bits per heavy atom. The monoisotopic (exact) mass is 804 g/mol. The largest absolute Gasteiger partial charge is 0.0767 e. The SMILES string of the molecule is CCCC1=c2c(-c3cccc(-c4cccc(-c5cccc(-c6cc(-c7cccc(C(C)(C)C)c7)cc(-c7cccc(C(C)(C)C)c7)c6)c5)c4)c3C)cccc2=C2C=CC=CC2C1. The van der Waals surface area contributed by atoms with Crippen molar-refractivity contribution in [2.45, 2.75) is 85.5 Å². The third-order valence-electron chi connectivity index (χ3n) is 13.3. The van der Waals surface area contributed by atoms with E-state index in [-0.39, 0.29) is 10.8 Å². The zero-order valence-corrected chi connectivity index (χ0v) is 37.9. The zero-order chi connectivity index (χ0) is 43.2. The fourth-order valence-electron chi connectivity index (χ4n) is 9.79. The van der Waals surface area contributed by atoms with Crippen LogP contribution in [0.15, 0.2) is 176 Å². The summed E-state index contributed by atoms with van der Waals surface area (Å²) in [6.07, 6.45) is 12.5. The Kier molecular flexibility index (Phi) is 11.0. The minimum absolute atomic E-state index is 0.0612. The van der Waals surface area contributed by atoms with Crippen LogP contribution in [0.2, 0.25) is 0 Å². The Hall–Kier alpha value is -6.24. The lowest BCUT2D eigenvalue weighted by molar-refractivity contribution is 0.590. The maximum Gasteiger partial charge on any atom is 0.00647 e. The van der Waals surface area contributed by atoms with E-state index in [2.05, 4.69) is 231 Å². The first-order chi connectivity index (χ1) is 29.9. The molecular formula is C62H60. The summed E-state index contributed by atoms with van der Waals surface area (Å²) >= 11 is 0. The standard InChI is InChI=1S/C62H60/c1-9-18-49-35-48-19-10-11-28-57(48)59-32-17-31-58(60(49)59)56-30-16-29-55(41(56)2)47-25-13-21-43(34-47)42-20-12-22-44(33-42)50-36-51(45-23-14-26-53(39-45)61(3,4)5)38-52(37-50)46-24-15-27-54(40-46)62(6,7)8/h10-17,19-34,36-40,48H,9,18,35H2,1-8H3. The zero-order valence-electron chi connectivity index (χ0n) is 37.9. The maximum absolute atomic E-state index is 2.39. The smallest absolute Gasteiger partial charge is 0.00647 e. The predicted octanol–water partition coefficient (Wildman–Crippen LogP) is 15.8. The summed E-state index contributed by atoms with van der Waals surface area (Å²) in [6, 6.07) is 57.5. The summed E-state index contributed by atoms with van der Waals surface area (Å²) in [5.74, 6) is 0.472. The summed E-state index contributed by atoms with van der Waals surface area (Å²) in [5.41, 5.74) is 22.2. The maximum atomic E-state index is 2.39. The molecule has 1 unspecified atom stereocenters. The minimum atomic E-state index is 0.0612. The van der Waals surface area contributed by atoms with E-state index in [1.165, 1.54) is 99.5 Å². The van der Waals surface area contributed by atoms with Crippen molar-refractivity contribution in [2.75, 3.05) is 0 Å².